The van der Waals surface area contributed by atoms with Gasteiger partial charge in [-0.3, -0.25) is 14.6 Å². The third-order valence-corrected chi connectivity index (χ3v) is 4.09. The molecule has 0 saturated carbocycles. The lowest BCUT2D eigenvalue weighted by Crippen LogP contribution is -2.47. The first-order valence-electron chi connectivity index (χ1n) is 8.00. The van der Waals surface area contributed by atoms with Crippen molar-refractivity contribution in [1.29, 1.82) is 0 Å². The Hall–Kier alpha value is -1.66. The Morgan fingerprint density at radius 1 is 1.39 bits per heavy atom. The number of nitrogens with zero attached hydrogens (tertiary/aromatic N) is 2. The van der Waals surface area contributed by atoms with Crippen LogP contribution >= 0.6 is 11.6 Å². The van der Waals surface area contributed by atoms with Crippen molar-refractivity contribution in [2.45, 2.75) is 32.2 Å². The first kappa shape index (κ1) is 17.7. The average Bonchev–Trinajstić information content (AvgIpc) is 2.55. The summed E-state index contributed by atoms with van der Waals surface area (Å²) in [6, 6.07) is 3.26. The van der Waals surface area contributed by atoms with Gasteiger partial charge in [0.25, 0.3) is 5.91 Å². The predicted octanol–water partition coefficient (Wildman–Crippen LogP) is 1.46. The lowest BCUT2D eigenvalue weighted by molar-refractivity contribution is -0.121. The van der Waals surface area contributed by atoms with E-state index in [2.05, 4.69) is 27.4 Å². The van der Waals surface area contributed by atoms with Crippen LogP contribution in [0.3, 0.4) is 0 Å². The number of amides is 2. The number of aromatic nitrogens is 1. The van der Waals surface area contributed by atoms with Gasteiger partial charge in [-0.05, 0) is 37.9 Å². The van der Waals surface area contributed by atoms with Crippen LogP contribution in [0.25, 0.3) is 0 Å². The fraction of sp³-hybridized carbons (Fsp3) is 0.562. The fourth-order valence-electron chi connectivity index (χ4n) is 2.68. The van der Waals surface area contributed by atoms with E-state index in [4.69, 9.17) is 11.6 Å². The van der Waals surface area contributed by atoms with Crippen LogP contribution in [0.15, 0.2) is 18.3 Å². The van der Waals surface area contributed by atoms with Crippen molar-refractivity contribution in [3.8, 4) is 0 Å². The minimum atomic E-state index is -0.402. The Balaban J connectivity index is 1.70. The summed E-state index contributed by atoms with van der Waals surface area (Å²) in [5.74, 6) is -0.574. The Kier molecular flexibility index (Phi) is 6.80. The van der Waals surface area contributed by atoms with E-state index in [0.717, 1.165) is 38.9 Å². The maximum absolute atomic E-state index is 11.9. The summed E-state index contributed by atoms with van der Waals surface area (Å²) in [6.45, 7) is 5.26. The molecule has 23 heavy (non-hydrogen) atoms. The Morgan fingerprint density at radius 3 is 2.78 bits per heavy atom. The molecule has 1 fully saturated rings. The molecule has 2 amide bonds. The van der Waals surface area contributed by atoms with E-state index >= 15 is 0 Å². The van der Waals surface area contributed by atoms with Crippen LogP contribution < -0.4 is 10.6 Å². The van der Waals surface area contributed by atoms with Crippen molar-refractivity contribution in [3.63, 3.8) is 0 Å². The van der Waals surface area contributed by atoms with Gasteiger partial charge in [-0.25, -0.2) is 0 Å². The smallest absolute Gasteiger partial charge is 0.270 e. The van der Waals surface area contributed by atoms with E-state index in [0.29, 0.717) is 5.02 Å². The van der Waals surface area contributed by atoms with Crippen LogP contribution in [0.1, 0.15) is 36.7 Å². The summed E-state index contributed by atoms with van der Waals surface area (Å²) >= 11 is 5.81. The molecule has 1 saturated heterocycles. The molecule has 0 radical (unpaired) electrons. The van der Waals surface area contributed by atoms with Crippen LogP contribution in [0, 0.1) is 0 Å². The van der Waals surface area contributed by atoms with Crippen LogP contribution in [-0.2, 0) is 4.79 Å². The number of likely N-dealkylation sites (tertiary alicyclic amines) is 1. The van der Waals surface area contributed by atoms with E-state index in [-0.39, 0.29) is 24.2 Å². The SMILES string of the molecule is CCCN1CCC(NC(=O)CNC(=O)c2cc(Cl)ccn2)CC1. The molecule has 0 spiro atoms. The molecule has 126 valence electrons. The molecule has 2 N–H and O–H groups in total. The summed E-state index contributed by atoms with van der Waals surface area (Å²) in [5.41, 5.74) is 0.207. The van der Waals surface area contributed by atoms with E-state index in [1.165, 1.54) is 12.3 Å². The molecule has 2 rings (SSSR count). The van der Waals surface area contributed by atoms with Crippen molar-refractivity contribution in [2.75, 3.05) is 26.2 Å². The van der Waals surface area contributed by atoms with Crippen molar-refractivity contribution in [1.82, 2.24) is 20.5 Å². The summed E-state index contributed by atoms with van der Waals surface area (Å²) in [6.07, 6.45) is 4.52. The summed E-state index contributed by atoms with van der Waals surface area (Å²) in [5, 5.41) is 5.97. The number of carbonyl (C=O) groups excluding carboxylic acids is 2. The molecular weight excluding hydrogens is 316 g/mol. The highest BCUT2D eigenvalue weighted by Crippen LogP contribution is 2.10. The molecule has 7 heteroatoms. The van der Waals surface area contributed by atoms with E-state index in [1.807, 2.05) is 0 Å². The molecule has 2 heterocycles. The number of hydrogen-bond donors (Lipinski definition) is 2. The number of rotatable bonds is 6. The second-order valence-corrected chi connectivity index (χ2v) is 6.16. The zero-order valence-electron chi connectivity index (χ0n) is 13.3. The molecule has 6 nitrogen and oxygen atoms in total. The van der Waals surface area contributed by atoms with Gasteiger partial charge in [0.1, 0.15) is 5.69 Å². The minimum absolute atomic E-state index is 0.0534. The largest absolute Gasteiger partial charge is 0.352 e. The minimum Gasteiger partial charge on any atom is -0.352 e. The first-order valence-corrected chi connectivity index (χ1v) is 8.37. The van der Waals surface area contributed by atoms with Gasteiger partial charge in [0.2, 0.25) is 5.91 Å². The number of carbonyl (C=O) groups is 2. The van der Waals surface area contributed by atoms with Gasteiger partial charge in [-0.2, -0.15) is 0 Å². The zero-order valence-corrected chi connectivity index (χ0v) is 14.1. The van der Waals surface area contributed by atoms with Gasteiger partial charge in [0, 0.05) is 30.4 Å². The highest BCUT2D eigenvalue weighted by atomic mass is 35.5. The van der Waals surface area contributed by atoms with Gasteiger partial charge in [0.05, 0.1) is 6.54 Å². The number of piperidine rings is 1. The molecule has 0 aliphatic carbocycles. The molecule has 1 aliphatic rings. The van der Waals surface area contributed by atoms with Crippen LogP contribution in [0.5, 0.6) is 0 Å². The molecule has 0 atom stereocenters. The Morgan fingerprint density at radius 2 is 2.13 bits per heavy atom. The second kappa shape index (κ2) is 8.84. The standard InChI is InChI=1S/C16H23ClN4O2/c1-2-7-21-8-4-13(5-9-21)20-15(22)11-19-16(23)14-10-12(17)3-6-18-14/h3,6,10,13H,2,4-5,7-9,11H2,1H3,(H,19,23)(H,20,22). The highest BCUT2D eigenvalue weighted by molar-refractivity contribution is 6.30. The number of pyridine rings is 1. The summed E-state index contributed by atoms with van der Waals surface area (Å²) < 4.78 is 0. The molecule has 0 aromatic carbocycles. The van der Waals surface area contributed by atoms with E-state index in [9.17, 15) is 9.59 Å². The first-order chi connectivity index (χ1) is 11.1. The number of halogens is 1. The van der Waals surface area contributed by atoms with Crippen molar-refractivity contribution >= 4 is 23.4 Å². The Labute approximate surface area is 141 Å². The monoisotopic (exact) mass is 338 g/mol. The summed E-state index contributed by atoms with van der Waals surface area (Å²) in [7, 11) is 0. The fourth-order valence-corrected chi connectivity index (χ4v) is 2.84. The molecule has 1 aliphatic heterocycles. The van der Waals surface area contributed by atoms with Crippen LogP contribution in [0.4, 0.5) is 0 Å². The van der Waals surface area contributed by atoms with Gasteiger partial charge in [0.15, 0.2) is 0 Å². The predicted molar refractivity (Wildman–Crippen MR) is 89.5 cm³/mol. The van der Waals surface area contributed by atoms with Crippen LogP contribution in [0.2, 0.25) is 5.02 Å². The molecule has 0 bridgehead atoms. The quantitative estimate of drug-likeness (QED) is 0.823. The lowest BCUT2D eigenvalue weighted by Gasteiger charge is -2.32. The van der Waals surface area contributed by atoms with Gasteiger partial charge in [-0.15, -0.1) is 0 Å². The number of hydrogen-bond acceptors (Lipinski definition) is 4. The highest BCUT2D eigenvalue weighted by Gasteiger charge is 2.20. The molecule has 0 unspecified atom stereocenters. The van der Waals surface area contributed by atoms with E-state index < -0.39 is 5.91 Å². The van der Waals surface area contributed by atoms with E-state index in [1.54, 1.807) is 6.07 Å². The van der Waals surface area contributed by atoms with Crippen LogP contribution in [-0.4, -0.2) is 53.9 Å². The van der Waals surface area contributed by atoms with Gasteiger partial charge < -0.3 is 15.5 Å². The third-order valence-electron chi connectivity index (χ3n) is 3.86. The molecule has 1 aromatic rings. The lowest BCUT2D eigenvalue weighted by atomic mass is 10.0. The zero-order chi connectivity index (χ0) is 16.7. The maximum atomic E-state index is 11.9. The van der Waals surface area contributed by atoms with Gasteiger partial charge in [-0.1, -0.05) is 18.5 Å². The molecule has 1 aromatic heterocycles. The molecular formula is C16H23ClN4O2. The third kappa shape index (κ3) is 5.80. The van der Waals surface area contributed by atoms with Crippen molar-refractivity contribution in [2.24, 2.45) is 0 Å². The normalized spacial score (nSPS) is 16.1. The summed E-state index contributed by atoms with van der Waals surface area (Å²) in [4.78, 5) is 30.2. The van der Waals surface area contributed by atoms with Crippen molar-refractivity contribution < 1.29 is 9.59 Å². The number of nitrogens with one attached hydrogen (secondary N) is 2. The topological polar surface area (TPSA) is 74.3 Å². The average molecular weight is 339 g/mol. The van der Waals surface area contributed by atoms with Gasteiger partial charge >= 0.3 is 0 Å². The second-order valence-electron chi connectivity index (χ2n) is 5.73. The van der Waals surface area contributed by atoms with Crippen molar-refractivity contribution in [3.05, 3.63) is 29.0 Å². The maximum Gasteiger partial charge on any atom is 0.270 e. The Bertz CT molecular complexity index is 545.